The number of carbonyl (C=O) groups is 3. The largest absolute Gasteiger partial charge is 0.348 e. The van der Waals surface area contributed by atoms with Crippen molar-refractivity contribution in [2.75, 3.05) is 19.6 Å². The smallest absolute Gasteiger partial charge is 0.254 e. The number of rotatable bonds is 6. The minimum absolute atomic E-state index is 0.0112. The molecule has 0 bridgehead atoms. The third-order valence-electron chi connectivity index (χ3n) is 5.31. The maximum absolute atomic E-state index is 13.0. The van der Waals surface area contributed by atoms with Gasteiger partial charge in [-0.3, -0.25) is 14.4 Å². The SMILES string of the molecule is CC(=O)NCC(=O)N1CCC(c2ncc(C(=O)NCc3ccc(F)cc3)c(C)n2)CC1. The minimum Gasteiger partial charge on any atom is -0.348 e. The van der Waals surface area contributed by atoms with Crippen LogP contribution in [0.5, 0.6) is 0 Å². The van der Waals surface area contributed by atoms with Crippen molar-refractivity contribution < 1.29 is 18.8 Å². The molecule has 1 aliphatic heterocycles. The number of aryl methyl sites for hydroxylation is 1. The van der Waals surface area contributed by atoms with E-state index in [2.05, 4.69) is 20.6 Å². The van der Waals surface area contributed by atoms with Crippen LogP contribution in [-0.4, -0.2) is 52.2 Å². The lowest BCUT2D eigenvalue weighted by molar-refractivity contribution is -0.133. The van der Waals surface area contributed by atoms with E-state index in [1.54, 1.807) is 24.0 Å². The first kappa shape index (κ1) is 22.3. The van der Waals surface area contributed by atoms with Crippen LogP contribution in [0.25, 0.3) is 0 Å². The number of carbonyl (C=O) groups excluding carboxylic acids is 3. The van der Waals surface area contributed by atoms with Gasteiger partial charge in [-0.05, 0) is 37.5 Å². The lowest BCUT2D eigenvalue weighted by Crippen LogP contribution is -2.43. The molecule has 31 heavy (non-hydrogen) atoms. The third-order valence-corrected chi connectivity index (χ3v) is 5.31. The van der Waals surface area contributed by atoms with E-state index >= 15 is 0 Å². The zero-order valence-electron chi connectivity index (χ0n) is 17.7. The van der Waals surface area contributed by atoms with Gasteiger partial charge in [0.2, 0.25) is 11.8 Å². The van der Waals surface area contributed by atoms with Crippen molar-refractivity contribution in [3.8, 4) is 0 Å². The second kappa shape index (κ2) is 10.1. The van der Waals surface area contributed by atoms with Gasteiger partial charge in [0, 0.05) is 38.7 Å². The molecule has 164 valence electrons. The maximum Gasteiger partial charge on any atom is 0.254 e. The molecule has 3 rings (SSSR count). The highest BCUT2D eigenvalue weighted by atomic mass is 19.1. The standard InChI is InChI=1S/C22H26FN5O3/c1-14-19(22(31)26-11-16-3-5-18(23)6-4-16)12-25-21(27-14)17-7-9-28(10-8-17)20(30)13-24-15(2)29/h3-6,12,17H,7-11,13H2,1-2H3,(H,24,29)(H,26,31). The van der Waals surface area contributed by atoms with Gasteiger partial charge in [-0.2, -0.15) is 0 Å². The fraction of sp³-hybridized carbons (Fsp3) is 0.409. The monoisotopic (exact) mass is 427 g/mol. The molecule has 0 saturated carbocycles. The van der Waals surface area contributed by atoms with Crippen LogP contribution in [0, 0.1) is 12.7 Å². The van der Waals surface area contributed by atoms with Gasteiger partial charge in [-0.25, -0.2) is 14.4 Å². The van der Waals surface area contributed by atoms with Gasteiger partial charge in [-0.1, -0.05) is 12.1 Å². The van der Waals surface area contributed by atoms with Gasteiger partial charge in [0.25, 0.3) is 5.91 Å². The number of aromatic nitrogens is 2. The Hall–Kier alpha value is -3.36. The number of likely N-dealkylation sites (tertiary alicyclic amines) is 1. The van der Waals surface area contributed by atoms with Gasteiger partial charge in [0.05, 0.1) is 17.8 Å². The molecule has 0 unspecified atom stereocenters. The van der Waals surface area contributed by atoms with Crippen LogP contribution in [0.4, 0.5) is 4.39 Å². The molecule has 8 nitrogen and oxygen atoms in total. The van der Waals surface area contributed by atoms with Crippen LogP contribution in [0.3, 0.4) is 0 Å². The zero-order valence-corrected chi connectivity index (χ0v) is 17.7. The van der Waals surface area contributed by atoms with Crippen LogP contribution < -0.4 is 10.6 Å². The molecule has 0 radical (unpaired) electrons. The van der Waals surface area contributed by atoms with Crippen molar-refractivity contribution in [1.82, 2.24) is 25.5 Å². The van der Waals surface area contributed by atoms with Crippen molar-refractivity contribution in [2.24, 2.45) is 0 Å². The number of amides is 3. The summed E-state index contributed by atoms with van der Waals surface area (Å²) in [6.07, 6.45) is 2.98. The number of halogens is 1. The first-order valence-corrected chi connectivity index (χ1v) is 10.2. The van der Waals surface area contributed by atoms with E-state index < -0.39 is 0 Å². The number of hydrogen-bond donors (Lipinski definition) is 2. The second-order valence-corrected chi connectivity index (χ2v) is 7.60. The van der Waals surface area contributed by atoms with Crippen molar-refractivity contribution in [3.05, 3.63) is 58.9 Å². The van der Waals surface area contributed by atoms with E-state index in [4.69, 9.17) is 0 Å². The Morgan fingerprint density at radius 2 is 1.81 bits per heavy atom. The molecular weight excluding hydrogens is 401 g/mol. The van der Waals surface area contributed by atoms with Crippen LogP contribution in [-0.2, 0) is 16.1 Å². The highest BCUT2D eigenvalue weighted by molar-refractivity contribution is 5.94. The fourth-order valence-electron chi connectivity index (χ4n) is 3.48. The zero-order chi connectivity index (χ0) is 22.4. The summed E-state index contributed by atoms with van der Waals surface area (Å²) >= 11 is 0. The lowest BCUT2D eigenvalue weighted by atomic mass is 9.95. The Labute approximate surface area is 180 Å². The molecule has 1 aliphatic rings. The predicted molar refractivity (Wildman–Crippen MR) is 112 cm³/mol. The van der Waals surface area contributed by atoms with Gasteiger partial charge in [0.1, 0.15) is 11.6 Å². The molecule has 9 heteroatoms. The van der Waals surface area contributed by atoms with Crippen LogP contribution in [0.2, 0.25) is 0 Å². The van der Waals surface area contributed by atoms with Crippen LogP contribution in [0.1, 0.15) is 53.1 Å². The van der Waals surface area contributed by atoms with Crippen LogP contribution in [0.15, 0.2) is 30.5 Å². The molecule has 1 fully saturated rings. The van der Waals surface area contributed by atoms with Crippen molar-refractivity contribution in [1.29, 1.82) is 0 Å². The quantitative estimate of drug-likeness (QED) is 0.730. The molecule has 0 aliphatic carbocycles. The van der Waals surface area contributed by atoms with Crippen molar-refractivity contribution in [3.63, 3.8) is 0 Å². The third kappa shape index (κ3) is 6.07. The van der Waals surface area contributed by atoms with E-state index in [0.29, 0.717) is 30.2 Å². The van der Waals surface area contributed by atoms with Gasteiger partial charge < -0.3 is 15.5 Å². The fourth-order valence-corrected chi connectivity index (χ4v) is 3.48. The maximum atomic E-state index is 13.0. The summed E-state index contributed by atoms with van der Waals surface area (Å²) in [7, 11) is 0. The topological polar surface area (TPSA) is 104 Å². The molecule has 2 aromatic rings. The van der Waals surface area contributed by atoms with Crippen molar-refractivity contribution >= 4 is 17.7 Å². The predicted octanol–water partition coefficient (Wildman–Crippen LogP) is 1.70. The Morgan fingerprint density at radius 1 is 1.13 bits per heavy atom. The summed E-state index contributed by atoms with van der Waals surface area (Å²) < 4.78 is 13.0. The normalized spacial score (nSPS) is 14.2. The average Bonchev–Trinajstić information content (AvgIpc) is 2.77. The number of benzene rings is 1. The molecule has 0 spiro atoms. The number of nitrogens with one attached hydrogen (secondary N) is 2. The summed E-state index contributed by atoms with van der Waals surface area (Å²) in [5.74, 6) is -0.154. The van der Waals surface area contributed by atoms with E-state index in [1.165, 1.54) is 25.3 Å². The Balaban J connectivity index is 1.54. The van der Waals surface area contributed by atoms with E-state index in [9.17, 15) is 18.8 Å². The molecule has 0 atom stereocenters. The first-order chi connectivity index (χ1) is 14.8. The second-order valence-electron chi connectivity index (χ2n) is 7.60. The summed E-state index contributed by atoms with van der Waals surface area (Å²) in [6.45, 7) is 4.59. The van der Waals surface area contributed by atoms with E-state index in [1.807, 2.05) is 0 Å². The lowest BCUT2D eigenvalue weighted by Gasteiger charge is -2.31. The minimum atomic E-state index is -0.321. The highest BCUT2D eigenvalue weighted by Crippen LogP contribution is 2.26. The molecular formula is C22H26FN5O3. The first-order valence-electron chi connectivity index (χ1n) is 10.2. The summed E-state index contributed by atoms with van der Waals surface area (Å²) in [4.78, 5) is 46.2. The van der Waals surface area contributed by atoms with E-state index in [-0.39, 0.29) is 42.5 Å². The molecule has 3 amide bonds. The molecule has 1 saturated heterocycles. The summed E-state index contributed by atoms with van der Waals surface area (Å²) in [5, 5.41) is 5.32. The van der Waals surface area contributed by atoms with Gasteiger partial charge in [0.15, 0.2) is 0 Å². The molecule has 2 N–H and O–H groups in total. The van der Waals surface area contributed by atoms with E-state index in [0.717, 1.165) is 18.4 Å². The van der Waals surface area contributed by atoms with Crippen molar-refractivity contribution in [2.45, 2.75) is 39.2 Å². The van der Waals surface area contributed by atoms with Gasteiger partial charge in [-0.15, -0.1) is 0 Å². The average molecular weight is 427 g/mol. The number of hydrogen-bond acceptors (Lipinski definition) is 5. The Morgan fingerprint density at radius 3 is 2.42 bits per heavy atom. The summed E-state index contributed by atoms with van der Waals surface area (Å²) in [5.41, 5.74) is 1.78. The number of nitrogens with zero attached hydrogens (tertiary/aromatic N) is 3. The van der Waals surface area contributed by atoms with Gasteiger partial charge >= 0.3 is 0 Å². The Kier molecular flexibility index (Phi) is 7.28. The molecule has 1 aromatic heterocycles. The molecule has 1 aromatic carbocycles. The number of piperidine rings is 1. The van der Waals surface area contributed by atoms with Crippen LogP contribution >= 0.6 is 0 Å². The highest BCUT2D eigenvalue weighted by Gasteiger charge is 2.26. The molecule has 2 heterocycles. The Bertz CT molecular complexity index is 956. The summed E-state index contributed by atoms with van der Waals surface area (Å²) in [6, 6.07) is 5.94.